The lowest BCUT2D eigenvalue weighted by Crippen LogP contribution is -2.54. The van der Waals surface area contributed by atoms with Crippen molar-refractivity contribution in [1.82, 2.24) is 15.3 Å². The number of carbonyl (C=O) groups excluding carboxylic acids is 1. The third-order valence-corrected chi connectivity index (χ3v) is 5.65. The molecular formula is C22H26BrF4N5O2. The molecular weight excluding hydrogens is 522 g/mol. The van der Waals surface area contributed by atoms with E-state index in [1.165, 1.54) is 24.5 Å². The lowest BCUT2D eigenvalue weighted by Gasteiger charge is -2.40. The van der Waals surface area contributed by atoms with Gasteiger partial charge in [-0.3, -0.25) is 4.98 Å². The first-order valence-corrected chi connectivity index (χ1v) is 11.4. The van der Waals surface area contributed by atoms with Crippen molar-refractivity contribution in [3.8, 4) is 0 Å². The number of aromatic nitrogens is 2. The minimum atomic E-state index is -4.43. The van der Waals surface area contributed by atoms with Gasteiger partial charge in [0.25, 0.3) is 0 Å². The molecule has 0 saturated carbocycles. The number of hydrogen-bond acceptors (Lipinski definition) is 6. The lowest BCUT2D eigenvalue weighted by atomic mass is 9.93. The van der Waals surface area contributed by atoms with Crippen molar-refractivity contribution < 1.29 is 27.1 Å². The van der Waals surface area contributed by atoms with Gasteiger partial charge in [0.2, 0.25) is 0 Å². The van der Waals surface area contributed by atoms with E-state index in [9.17, 15) is 22.4 Å². The van der Waals surface area contributed by atoms with Crippen molar-refractivity contribution in [1.29, 1.82) is 0 Å². The summed E-state index contributed by atoms with van der Waals surface area (Å²) in [7, 11) is 0. The summed E-state index contributed by atoms with van der Waals surface area (Å²) in [4.78, 5) is 21.9. The molecule has 7 nitrogen and oxygen atoms in total. The highest BCUT2D eigenvalue weighted by atomic mass is 79.9. The number of nitrogens with one attached hydrogen (secondary N) is 2. The number of rotatable bonds is 5. The lowest BCUT2D eigenvalue weighted by molar-refractivity contribution is -0.177. The predicted octanol–water partition coefficient (Wildman–Crippen LogP) is 5.27. The van der Waals surface area contributed by atoms with Gasteiger partial charge >= 0.3 is 12.3 Å². The van der Waals surface area contributed by atoms with E-state index in [4.69, 9.17) is 4.74 Å². The number of alkyl halides is 3. The molecule has 1 saturated heterocycles. The van der Waals surface area contributed by atoms with Gasteiger partial charge in [0, 0.05) is 19.3 Å². The highest BCUT2D eigenvalue weighted by Crippen LogP contribution is 2.37. The first kappa shape index (κ1) is 26.0. The number of carbonyl (C=O) groups is 1. The fraction of sp³-hybridized carbons (Fsp3) is 0.500. The maximum Gasteiger partial charge on any atom is 0.407 e. The van der Waals surface area contributed by atoms with Crippen LogP contribution in [0.4, 0.5) is 33.7 Å². The zero-order chi connectivity index (χ0) is 25.1. The maximum absolute atomic E-state index is 13.7. The second kappa shape index (κ2) is 10.3. The second-order valence-corrected chi connectivity index (χ2v) is 9.80. The Balaban J connectivity index is 1.79. The Morgan fingerprint density at radius 2 is 1.97 bits per heavy atom. The Morgan fingerprint density at radius 3 is 2.62 bits per heavy atom. The molecule has 3 rings (SSSR count). The van der Waals surface area contributed by atoms with E-state index < -0.39 is 35.6 Å². The molecule has 2 aromatic rings. The summed E-state index contributed by atoms with van der Waals surface area (Å²) < 4.78 is 59.9. The van der Waals surface area contributed by atoms with Crippen molar-refractivity contribution in [3.05, 3.63) is 46.7 Å². The zero-order valence-corrected chi connectivity index (χ0v) is 20.5. The van der Waals surface area contributed by atoms with Gasteiger partial charge in [0.1, 0.15) is 10.2 Å². The van der Waals surface area contributed by atoms with Crippen molar-refractivity contribution in [2.75, 3.05) is 23.3 Å². The topological polar surface area (TPSA) is 79.4 Å². The van der Waals surface area contributed by atoms with Crippen LogP contribution in [0.1, 0.15) is 32.9 Å². The fourth-order valence-electron chi connectivity index (χ4n) is 3.65. The summed E-state index contributed by atoms with van der Waals surface area (Å²) in [6.07, 6.45) is -2.46. The van der Waals surface area contributed by atoms with Crippen LogP contribution in [0.25, 0.3) is 0 Å². The summed E-state index contributed by atoms with van der Waals surface area (Å²) >= 11 is 3.03. The predicted molar refractivity (Wildman–Crippen MR) is 123 cm³/mol. The van der Waals surface area contributed by atoms with Crippen molar-refractivity contribution >= 4 is 33.4 Å². The first-order valence-electron chi connectivity index (χ1n) is 10.6. The number of piperidine rings is 1. The molecule has 1 amide bonds. The number of hydrogen-bond donors (Lipinski definition) is 2. The fourth-order valence-corrected chi connectivity index (χ4v) is 4.01. The largest absolute Gasteiger partial charge is 0.444 e. The summed E-state index contributed by atoms with van der Waals surface area (Å²) in [5.41, 5.74) is 0.747. The van der Waals surface area contributed by atoms with Crippen LogP contribution in [0, 0.1) is 11.7 Å². The molecule has 0 bridgehead atoms. The number of alkyl carbamates (subject to hydrolysis) is 1. The van der Waals surface area contributed by atoms with Gasteiger partial charge in [-0.1, -0.05) is 0 Å². The van der Waals surface area contributed by atoms with Gasteiger partial charge in [-0.2, -0.15) is 13.2 Å². The Bertz CT molecular complexity index is 1020. The number of pyridine rings is 2. The van der Waals surface area contributed by atoms with Crippen molar-refractivity contribution in [2.45, 2.75) is 51.6 Å². The summed E-state index contributed by atoms with van der Waals surface area (Å²) in [5, 5.41) is 5.69. The molecule has 0 aliphatic carbocycles. The molecule has 1 aliphatic rings. The highest BCUT2D eigenvalue weighted by Gasteiger charge is 2.45. The van der Waals surface area contributed by atoms with Crippen LogP contribution in [0.3, 0.4) is 0 Å². The van der Waals surface area contributed by atoms with Crippen molar-refractivity contribution in [3.63, 3.8) is 0 Å². The molecule has 0 spiro atoms. The van der Waals surface area contributed by atoms with Crippen LogP contribution in [0.2, 0.25) is 0 Å². The summed E-state index contributed by atoms with van der Waals surface area (Å²) in [6.45, 7) is 5.14. The van der Waals surface area contributed by atoms with Crippen LogP contribution in [0.5, 0.6) is 0 Å². The number of anilines is 2. The molecule has 34 heavy (non-hydrogen) atoms. The molecule has 186 valence electrons. The third kappa shape index (κ3) is 7.18. The van der Waals surface area contributed by atoms with Gasteiger partial charge < -0.3 is 20.3 Å². The van der Waals surface area contributed by atoms with Gasteiger partial charge in [-0.25, -0.2) is 14.2 Å². The normalized spacial score (nSPS) is 19.0. The highest BCUT2D eigenvalue weighted by molar-refractivity contribution is 9.10. The first-order chi connectivity index (χ1) is 15.8. The van der Waals surface area contributed by atoms with Crippen LogP contribution in [-0.2, 0) is 11.3 Å². The van der Waals surface area contributed by atoms with E-state index in [2.05, 4.69) is 36.5 Å². The van der Waals surface area contributed by atoms with Crippen molar-refractivity contribution in [2.24, 2.45) is 5.92 Å². The zero-order valence-electron chi connectivity index (χ0n) is 18.9. The second-order valence-electron chi connectivity index (χ2n) is 9.04. The van der Waals surface area contributed by atoms with Crippen LogP contribution >= 0.6 is 15.9 Å². The quantitative estimate of drug-likeness (QED) is 0.392. The molecule has 1 aliphatic heterocycles. The molecule has 0 radical (unpaired) electrons. The standard InChI is InChI=1S/C22H26BrF4N5O2/c1-21(2,3)34-20(33)31-15-8-13(22(25,26)27)11-32(12-15)18-6-7-28-10-17(18)29-9-14-4-5-16(24)19(23)30-14/h4-7,10,13,15,29H,8-9,11-12H2,1-3H3,(H,31,33)/t13-,15+/m1/s1. The van der Waals surface area contributed by atoms with Gasteiger partial charge in [-0.15, -0.1) is 0 Å². The van der Waals surface area contributed by atoms with Gasteiger partial charge in [0.15, 0.2) is 5.82 Å². The van der Waals surface area contributed by atoms with E-state index in [0.29, 0.717) is 17.1 Å². The number of amides is 1. The molecule has 1 fully saturated rings. The Labute approximate surface area is 203 Å². The minimum Gasteiger partial charge on any atom is -0.444 e. The molecule has 2 N–H and O–H groups in total. The SMILES string of the molecule is CC(C)(C)OC(=O)N[C@H]1C[C@@H](C(F)(F)F)CN(c2ccncc2NCc2ccc(F)c(Br)n2)C1. The molecule has 3 heterocycles. The minimum absolute atomic E-state index is 0.0679. The van der Waals surface area contributed by atoms with Gasteiger partial charge in [-0.05, 0) is 61.3 Å². The number of ether oxygens (including phenoxy) is 1. The van der Waals surface area contributed by atoms with E-state index >= 15 is 0 Å². The van der Waals surface area contributed by atoms with Crippen LogP contribution < -0.4 is 15.5 Å². The molecule has 0 unspecified atom stereocenters. The van der Waals surface area contributed by atoms with E-state index in [0.717, 1.165) is 0 Å². The van der Waals surface area contributed by atoms with E-state index in [1.54, 1.807) is 31.7 Å². The summed E-state index contributed by atoms with van der Waals surface area (Å²) in [5.74, 6) is -2.14. The monoisotopic (exact) mass is 547 g/mol. The summed E-state index contributed by atoms with van der Waals surface area (Å²) in [6, 6.07) is 3.61. The van der Waals surface area contributed by atoms with Gasteiger partial charge in [0.05, 0.1) is 41.8 Å². The average molecular weight is 548 g/mol. The Kier molecular flexibility index (Phi) is 7.89. The molecule has 0 aromatic carbocycles. The molecule has 2 aromatic heterocycles. The van der Waals surface area contributed by atoms with E-state index in [-0.39, 0.29) is 30.7 Å². The van der Waals surface area contributed by atoms with Crippen LogP contribution in [0.15, 0.2) is 35.2 Å². The number of halogens is 5. The van der Waals surface area contributed by atoms with Crippen LogP contribution in [-0.4, -0.2) is 47.0 Å². The average Bonchev–Trinajstić information content (AvgIpc) is 2.72. The Hall–Kier alpha value is -2.63. The maximum atomic E-state index is 13.7. The Morgan fingerprint density at radius 1 is 1.24 bits per heavy atom. The third-order valence-electron chi connectivity index (χ3n) is 5.09. The smallest absolute Gasteiger partial charge is 0.407 e. The van der Waals surface area contributed by atoms with E-state index in [1.807, 2.05) is 0 Å². The molecule has 2 atom stereocenters. The molecule has 12 heteroatoms. The number of nitrogens with zero attached hydrogens (tertiary/aromatic N) is 3.